The van der Waals surface area contributed by atoms with Crippen molar-refractivity contribution in [3.05, 3.63) is 11.9 Å². The first-order chi connectivity index (χ1) is 17.1. The zero-order valence-electron chi connectivity index (χ0n) is 19.0. The van der Waals surface area contributed by atoms with E-state index in [0.717, 1.165) is 4.68 Å². The van der Waals surface area contributed by atoms with E-state index in [1.54, 1.807) is 0 Å². The second-order valence-corrected chi connectivity index (χ2v) is 15.9. The average molecular weight is 679 g/mol. The molecule has 0 bridgehead atoms. The van der Waals surface area contributed by atoms with E-state index in [-0.39, 0.29) is 0 Å². The number of nitrogens with zero attached hydrogens (tertiary/aromatic N) is 3. The molecule has 1 aromatic rings. The third-order valence-corrected chi connectivity index (χ3v) is 12.4. The topological polar surface area (TPSA) is 328 Å². The van der Waals surface area contributed by atoms with E-state index in [1.807, 2.05) is 0 Å². The number of phosphoric acid groups is 6. The third-order valence-electron chi connectivity index (χ3n) is 3.23. The van der Waals surface area contributed by atoms with E-state index >= 15 is 0 Å². The van der Waals surface area contributed by atoms with Gasteiger partial charge in [0, 0.05) is 20.8 Å². The molecule has 0 saturated carbocycles. The number of ether oxygens (including phenoxy) is 1. The van der Waals surface area contributed by atoms with E-state index in [4.69, 9.17) is 14.5 Å². The van der Waals surface area contributed by atoms with Gasteiger partial charge in [0.25, 0.3) is 0 Å². The molecule has 0 aliphatic rings. The first kappa shape index (κ1) is 36.0. The lowest BCUT2D eigenvalue weighted by Crippen LogP contribution is -2.04. The summed E-state index contributed by atoms with van der Waals surface area (Å²) in [6.07, 6.45) is 3.15. The van der Waals surface area contributed by atoms with Gasteiger partial charge in [0.2, 0.25) is 0 Å². The smallest absolute Gasteiger partial charge is 0.385 e. The average Bonchev–Trinajstić information content (AvgIpc) is 3.13. The summed E-state index contributed by atoms with van der Waals surface area (Å²) in [7, 11) is -33.6. The lowest BCUT2D eigenvalue weighted by Gasteiger charge is -2.20. The summed E-state index contributed by atoms with van der Waals surface area (Å²) in [5, 5.41) is 7.30. The highest BCUT2D eigenvalue weighted by Gasteiger charge is 2.49. The third kappa shape index (κ3) is 15.1. The number of aromatic nitrogens is 3. The van der Waals surface area contributed by atoms with E-state index in [0.29, 0.717) is 38.7 Å². The van der Waals surface area contributed by atoms with Gasteiger partial charge in [-0.05, 0) is 19.3 Å². The number of aryl methyl sites for hydroxylation is 1. The van der Waals surface area contributed by atoms with E-state index in [2.05, 4.69) is 40.9 Å². The lowest BCUT2D eigenvalue weighted by atomic mass is 10.2. The van der Waals surface area contributed by atoms with Gasteiger partial charge in [-0.25, -0.2) is 32.1 Å². The molecular formula is C9H23N3O20P6. The predicted octanol–water partition coefficient (Wildman–Crippen LogP) is 1.55. The van der Waals surface area contributed by atoms with Crippen molar-refractivity contribution < 1.29 is 92.1 Å². The highest BCUT2D eigenvalue weighted by Crippen LogP contribution is 2.75. The molecule has 0 aliphatic heterocycles. The van der Waals surface area contributed by atoms with Crippen LogP contribution in [0, 0.1) is 0 Å². The summed E-state index contributed by atoms with van der Waals surface area (Å²) in [6, 6.07) is 0. The van der Waals surface area contributed by atoms with Crippen LogP contribution >= 0.6 is 46.9 Å². The van der Waals surface area contributed by atoms with Crippen molar-refractivity contribution in [2.45, 2.75) is 26.0 Å². The molecule has 224 valence electrons. The molecule has 23 nitrogen and oxygen atoms in total. The predicted molar refractivity (Wildman–Crippen MR) is 117 cm³/mol. The van der Waals surface area contributed by atoms with Gasteiger partial charge in [-0.3, -0.25) is 9.05 Å². The van der Waals surface area contributed by atoms with Gasteiger partial charge in [-0.2, -0.15) is 21.6 Å². The van der Waals surface area contributed by atoms with Crippen LogP contribution in [0.4, 0.5) is 0 Å². The van der Waals surface area contributed by atoms with Crippen LogP contribution in [0.1, 0.15) is 18.5 Å². The summed E-state index contributed by atoms with van der Waals surface area (Å²) < 4.78 is 101. The SMILES string of the molecule is COCCCCc1cn(COP(=O)(O)OP(=O)(O)OP(=O)(O)OP(=O)(O)OP(=O)(O)OP(=O)(O)OC)nn1. The second-order valence-electron chi connectivity index (χ2n) is 6.36. The Morgan fingerprint density at radius 1 is 0.711 bits per heavy atom. The minimum absolute atomic E-state index is 0.449. The molecule has 6 unspecified atom stereocenters. The molecule has 0 amide bonds. The van der Waals surface area contributed by atoms with Crippen LogP contribution in [0.3, 0.4) is 0 Å². The Hall–Kier alpha value is -0.0400. The Kier molecular flexibility index (Phi) is 13.5. The first-order valence-corrected chi connectivity index (χ1v) is 18.2. The zero-order valence-corrected chi connectivity index (χ0v) is 24.4. The van der Waals surface area contributed by atoms with Crippen molar-refractivity contribution in [1.29, 1.82) is 0 Å². The van der Waals surface area contributed by atoms with Crippen LogP contribution < -0.4 is 0 Å². The fraction of sp³-hybridized carbons (Fsp3) is 0.778. The molecule has 0 aromatic carbocycles. The summed E-state index contributed by atoms with van der Waals surface area (Å²) in [4.78, 5) is 55.8. The Morgan fingerprint density at radius 3 is 1.61 bits per heavy atom. The fourth-order valence-electron chi connectivity index (χ4n) is 1.97. The largest absolute Gasteiger partial charge is 0.490 e. The summed E-state index contributed by atoms with van der Waals surface area (Å²) in [5.41, 5.74) is 0.449. The fourth-order valence-corrected chi connectivity index (χ4v) is 9.45. The summed E-state index contributed by atoms with van der Waals surface area (Å²) in [6.45, 7) is -0.369. The van der Waals surface area contributed by atoms with Crippen LogP contribution in [0.15, 0.2) is 6.20 Å². The standard InChI is InChI=1S/C9H23N3O20P6/c1-25-6-4-3-5-9-7-12(11-10-9)8-27-34(15,16)29-36(19,20)31-38(23,24)32-37(21,22)30-35(17,18)28-33(13,14)26-2/h7H,3-6,8H2,1-2H3,(H,13,14)(H,15,16)(H,17,18)(H,19,20)(H,21,22)(H,23,24). The molecule has 29 heteroatoms. The molecule has 0 fully saturated rings. The quantitative estimate of drug-likeness (QED) is 0.0892. The van der Waals surface area contributed by atoms with Crippen LogP contribution in [-0.4, -0.2) is 65.2 Å². The minimum Gasteiger partial charge on any atom is -0.385 e. The van der Waals surface area contributed by atoms with Crippen LogP contribution in [0.25, 0.3) is 0 Å². The highest BCUT2D eigenvalue weighted by atomic mass is 31.3. The van der Waals surface area contributed by atoms with Crippen molar-refractivity contribution in [2.75, 3.05) is 20.8 Å². The number of phosphoric ester groups is 2. The van der Waals surface area contributed by atoms with Crippen LogP contribution in [0.2, 0.25) is 0 Å². The van der Waals surface area contributed by atoms with E-state index in [9.17, 15) is 47.0 Å². The second kappa shape index (κ2) is 14.2. The summed E-state index contributed by atoms with van der Waals surface area (Å²) in [5.74, 6) is 0. The number of rotatable bonds is 19. The maximum Gasteiger partial charge on any atom is 0.490 e. The van der Waals surface area contributed by atoms with Crippen LogP contribution in [-0.2, 0) is 75.9 Å². The first-order valence-electron chi connectivity index (χ1n) is 9.22. The number of hydrogen-bond donors (Lipinski definition) is 6. The molecule has 1 rings (SSSR count). The molecule has 1 aromatic heterocycles. The number of hydrogen-bond acceptors (Lipinski definition) is 16. The van der Waals surface area contributed by atoms with E-state index < -0.39 is 53.7 Å². The molecule has 6 N–H and O–H groups in total. The lowest BCUT2D eigenvalue weighted by molar-refractivity contribution is 0.134. The maximum absolute atomic E-state index is 11.9. The van der Waals surface area contributed by atoms with Gasteiger partial charge in [0.05, 0.1) is 11.9 Å². The van der Waals surface area contributed by atoms with Gasteiger partial charge in [-0.15, -0.1) is 5.10 Å². The Morgan fingerprint density at radius 2 is 1.16 bits per heavy atom. The molecule has 0 aliphatic carbocycles. The Labute approximate surface area is 213 Å². The van der Waals surface area contributed by atoms with Gasteiger partial charge in [0.1, 0.15) is 0 Å². The number of unbranched alkanes of at least 4 members (excludes halogenated alkanes) is 1. The Bertz CT molecular complexity index is 1220. The molecule has 0 radical (unpaired) electrons. The van der Waals surface area contributed by atoms with Crippen molar-refractivity contribution >= 4 is 46.9 Å². The van der Waals surface area contributed by atoms with Crippen molar-refractivity contribution in [3.63, 3.8) is 0 Å². The summed E-state index contributed by atoms with van der Waals surface area (Å²) >= 11 is 0. The van der Waals surface area contributed by atoms with Gasteiger partial charge in [-0.1, -0.05) is 5.21 Å². The normalized spacial score (nSPS) is 21.8. The monoisotopic (exact) mass is 679 g/mol. The van der Waals surface area contributed by atoms with Crippen molar-refractivity contribution in [2.24, 2.45) is 0 Å². The van der Waals surface area contributed by atoms with Gasteiger partial charge < -0.3 is 34.1 Å². The van der Waals surface area contributed by atoms with E-state index in [1.165, 1.54) is 13.3 Å². The highest BCUT2D eigenvalue weighted by molar-refractivity contribution is 7.72. The van der Waals surface area contributed by atoms with Crippen molar-refractivity contribution in [1.82, 2.24) is 15.0 Å². The maximum atomic E-state index is 11.9. The van der Waals surface area contributed by atoms with Gasteiger partial charge >= 0.3 is 46.9 Å². The molecular weight excluding hydrogens is 656 g/mol. The minimum atomic E-state index is -6.31. The van der Waals surface area contributed by atoms with Crippen molar-refractivity contribution in [3.8, 4) is 0 Å². The zero-order chi connectivity index (χ0) is 29.5. The molecule has 6 atom stereocenters. The molecule has 38 heavy (non-hydrogen) atoms. The molecule has 1 heterocycles. The Balaban J connectivity index is 2.72. The van der Waals surface area contributed by atoms with Gasteiger partial charge in [0.15, 0.2) is 6.73 Å². The number of methoxy groups -OCH3 is 1. The molecule has 0 spiro atoms. The molecule has 0 saturated heterocycles. The van der Waals surface area contributed by atoms with Crippen LogP contribution in [0.5, 0.6) is 0 Å².